The Kier molecular flexibility index (Phi) is 4.72. The van der Waals surface area contributed by atoms with Crippen LogP contribution in [0.5, 0.6) is 0 Å². The molecule has 0 bridgehead atoms. The summed E-state index contributed by atoms with van der Waals surface area (Å²) in [7, 11) is -3.55. The summed E-state index contributed by atoms with van der Waals surface area (Å²) in [6.45, 7) is 6.68. The van der Waals surface area contributed by atoms with Crippen molar-refractivity contribution in [3.63, 3.8) is 0 Å². The highest BCUT2D eigenvalue weighted by Gasteiger charge is 2.35. The lowest BCUT2D eigenvalue weighted by molar-refractivity contribution is -0.0640. The van der Waals surface area contributed by atoms with E-state index in [-0.39, 0.29) is 11.5 Å². The van der Waals surface area contributed by atoms with Crippen LogP contribution in [0.3, 0.4) is 0 Å². The number of aliphatic hydroxyl groups excluding tert-OH is 1. The van der Waals surface area contributed by atoms with Crippen LogP contribution in [0.2, 0.25) is 0 Å². The van der Waals surface area contributed by atoms with Crippen LogP contribution in [0.1, 0.15) is 31.9 Å². The van der Waals surface area contributed by atoms with Gasteiger partial charge in [-0.25, -0.2) is 8.42 Å². The average Bonchev–Trinajstić information content (AvgIpc) is 2.45. The highest BCUT2D eigenvalue weighted by molar-refractivity contribution is 7.89. The Morgan fingerprint density at radius 1 is 1.33 bits per heavy atom. The van der Waals surface area contributed by atoms with Crippen molar-refractivity contribution in [1.82, 2.24) is 4.31 Å². The summed E-state index contributed by atoms with van der Waals surface area (Å²) in [6.07, 6.45) is 0.765. The Morgan fingerprint density at radius 2 is 2.05 bits per heavy atom. The Labute approximate surface area is 126 Å². The molecule has 0 saturated carbocycles. The quantitative estimate of drug-likeness (QED) is 0.915. The van der Waals surface area contributed by atoms with Gasteiger partial charge in [0.05, 0.1) is 23.7 Å². The zero-order valence-corrected chi connectivity index (χ0v) is 13.6. The maximum absolute atomic E-state index is 12.7. The molecular weight excluding hydrogens is 290 g/mol. The van der Waals surface area contributed by atoms with E-state index >= 15 is 0 Å². The normalized spacial score (nSPS) is 19.6. The molecule has 21 heavy (non-hydrogen) atoms. The van der Waals surface area contributed by atoms with E-state index in [2.05, 4.69) is 0 Å². The fraction of sp³-hybridized carbons (Fsp3) is 0.600. The van der Waals surface area contributed by atoms with Crippen LogP contribution >= 0.6 is 0 Å². The van der Waals surface area contributed by atoms with Crippen molar-refractivity contribution in [1.29, 1.82) is 0 Å². The van der Waals surface area contributed by atoms with Crippen molar-refractivity contribution in [2.75, 3.05) is 19.7 Å². The number of nitrogens with zero attached hydrogens (tertiary/aromatic N) is 1. The summed E-state index contributed by atoms with van der Waals surface area (Å²) < 4.78 is 32.5. The molecule has 0 amide bonds. The maximum atomic E-state index is 12.7. The van der Waals surface area contributed by atoms with Gasteiger partial charge in [-0.1, -0.05) is 13.0 Å². The van der Waals surface area contributed by atoms with Crippen molar-refractivity contribution in [2.45, 2.75) is 44.3 Å². The van der Waals surface area contributed by atoms with Crippen LogP contribution in [-0.2, 0) is 27.8 Å². The minimum absolute atomic E-state index is 0.152. The first kappa shape index (κ1) is 16.4. The second kappa shape index (κ2) is 6.04. The molecule has 0 unspecified atom stereocenters. The minimum Gasteiger partial charge on any atom is -0.392 e. The zero-order chi connectivity index (χ0) is 15.7. The number of aryl methyl sites for hydroxylation is 1. The van der Waals surface area contributed by atoms with E-state index in [9.17, 15) is 13.5 Å². The summed E-state index contributed by atoms with van der Waals surface area (Å²) in [5, 5.41) is 9.40. The van der Waals surface area contributed by atoms with Crippen LogP contribution in [-0.4, -0.2) is 43.1 Å². The van der Waals surface area contributed by atoms with Crippen LogP contribution in [0.25, 0.3) is 0 Å². The SMILES string of the molecule is CCc1ccc(S(=O)(=O)N2CCOC(C)(C)C2)cc1CO. The van der Waals surface area contributed by atoms with Gasteiger partial charge in [-0.3, -0.25) is 0 Å². The van der Waals surface area contributed by atoms with Gasteiger partial charge in [0.1, 0.15) is 0 Å². The summed E-state index contributed by atoms with van der Waals surface area (Å²) in [5.41, 5.74) is 1.17. The number of aliphatic hydroxyl groups is 1. The largest absolute Gasteiger partial charge is 0.392 e. The molecule has 1 N–H and O–H groups in total. The smallest absolute Gasteiger partial charge is 0.243 e. The summed E-state index contributed by atoms with van der Waals surface area (Å²) in [6, 6.07) is 4.98. The van der Waals surface area contributed by atoms with Crippen molar-refractivity contribution in [3.8, 4) is 0 Å². The van der Waals surface area contributed by atoms with Crippen molar-refractivity contribution >= 4 is 10.0 Å². The number of sulfonamides is 1. The van der Waals surface area contributed by atoms with Gasteiger partial charge in [-0.05, 0) is 43.5 Å². The molecule has 1 fully saturated rings. The van der Waals surface area contributed by atoms with Crippen LogP contribution in [0, 0.1) is 0 Å². The van der Waals surface area contributed by atoms with Gasteiger partial charge in [0.15, 0.2) is 0 Å². The van der Waals surface area contributed by atoms with E-state index in [0.717, 1.165) is 12.0 Å². The van der Waals surface area contributed by atoms with Gasteiger partial charge in [0.2, 0.25) is 10.0 Å². The van der Waals surface area contributed by atoms with Gasteiger partial charge in [-0.15, -0.1) is 0 Å². The number of hydrogen-bond acceptors (Lipinski definition) is 4. The molecular formula is C15H23NO4S. The topological polar surface area (TPSA) is 66.8 Å². The first-order valence-electron chi connectivity index (χ1n) is 7.17. The van der Waals surface area contributed by atoms with Crippen molar-refractivity contribution in [2.24, 2.45) is 0 Å². The number of benzene rings is 1. The molecule has 1 aromatic rings. The Balaban J connectivity index is 2.35. The second-order valence-electron chi connectivity index (χ2n) is 5.89. The molecule has 0 aliphatic carbocycles. The summed E-state index contributed by atoms with van der Waals surface area (Å²) in [4.78, 5) is 0.237. The molecule has 1 saturated heterocycles. The van der Waals surface area contributed by atoms with Gasteiger partial charge < -0.3 is 9.84 Å². The van der Waals surface area contributed by atoms with E-state index in [1.807, 2.05) is 20.8 Å². The van der Waals surface area contributed by atoms with E-state index in [1.54, 1.807) is 18.2 Å². The highest BCUT2D eigenvalue weighted by atomic mass is 32.2. The monoisotopic (exact) mass is 313 g/mol. The lowest BCUT2D eigenvalue weighted by Gasteiger charge is -2.37. The zero-order valence-electron chi connectivity index (χ0n) is 12.8. The first-order chi connectivity index (χ1) is 9.80. The van der Waals surface area contributed by atoms with Crippen LogP contribution in [0.4, 0.5) is 0 Å². The molecule has 1 aliphatic rings. The molecule has 1 aliphatic heterocycles. The van der Waals surface area contributed by atoms with Gasteiger partial charge in [0, 0.05) is 13.1 Å². The highest BCUT2D eigenvalue weighted by Crippen LogP contribution is 2.25. The molecule has 0 aromatic heterocycles. The third-order valence-corrected chi connectivity index (χ3v) is 5.60. The summed E-state index contributed by atoms with van der Waals surface area (Å²) in [5.74, 6) is 0. The minimum atomic E-state index is -3.55. The molecule has 0 atom stereocenters. The van der Waals surface area contributed by atoms with Gasteiger partial charge in [-0.2, -0.15) is 4.31 Å². The average molecular weight is 313 g/mol. The van der Waals surface area contributed by atoms with Crippen molar-refractivity contribution in [3.05, 3.63) is 29.3 Å². The van der Waals surface area contributed by atoms with Crippen molar-refractivity contribution < 1.29 is 18.3 Å². The van der Waals surface area contributed by atoms with Gasteiger partial charge in [0.25, 0.3) is 0 Å². The Hall–Kier alpha value is -0.950. The first-order valence-corrected chi connectivity index (χ1v) is 8.61. The third-order valence-electron chi connectivity index (χ3n) is 3.76. The van der Waals surface area contributed by atoms with Crippen LogP contribution < -0.4 is 0 Å². The van der Waals surface area contributed by atoms with E-state index < -0.39 is 15.6 Å². The molecule has 1 heterocycles. The van der Waals surface area contributed by atoms with E-state index in [1.165, 1.54) is 4.31 Å². The second-order valence-corrected chi connectivity index (χ2v) is 7.83. The predicted molar refractivity (Wildman–Crippen MR) is 80.5 cm³/mol. The van der Waals surface area contributed by atoms with Crippen LogP contribution in [0.15, 0.2) is 23.1 Å². The fourth-order valence-electron chi connectivity index (χ4n) is 2.58. The number of ether oxygens (including phenoxy) is 1. The van der Waals surface area contributed by atoms with Gasteiger partial charge >= 0.3 is 0 Å². The van der Waals surface area contributed by atoms with E-state index in [4.69, 9.17) is 4.74 Å². The molecule has 118 valence electrons. The molecule has 0 spiro atoms. The third kappa shape index (κ3) is 3.45. The lowest BCUT2D eigenvalue weighted by Crippen LogP contribution is -2.50. The van der Waals surface area contributed by atoms with E-state index in [0.29, 0.717) is 25.3 Å². The lowest BCUT2D eigenvalue weighted by atomic mass is 10.1. The maximum Gasteiger partial charge on any atom is 0.243 e. The Morgan fingerprint density at radius 3 is 2.62 bits per heavy atom. The number of morpholine rings is 1. The fourth-order valence-corrected chi connectivity index (χ4v) is 4.21. The molecule has 2 rings (SSSR count). The molecule has 0 radical (unpaired) electrons. The number of rotatable bonds is 4. The predicted octanol–water partition coefficient (Wildman–Crippen LogP) is 1.54. The molecule has 6 heteroatoms. The molecule has 5 nitrogen and oxygen atoms in total. The molecule has 1 aromatic carbocycles. The number of hydrogen-bond donors (Lipinski definition) is 1. The Bertz CT molecular complexity index is 610. The summed E-state index contributed by atoms with van der Waals surface area (Å²) >= 11 is 0. The standard InChI is InChI=1S/C15H23NO4S/c1-4-12-5-6-14(9-13(12)10-17)21(18,19)16-7-8-20-15(2,3)11-16/h5-6,9,17H,4,7-8,10-11H2,1-3H3.